The number of para-hydroxylation sites is 1. The van der Waals surface area contributed by atoms with E-state index in [2.05, 4.69) is 59.4 Å². The van der Waals surface area contributed by atoms with Gasteiger partial charge in [0.25, 0.3) is 0 Å². The second kappa shape index (κ2) is 5.49. The molecule has 3 rings (SSSR count). The van der Waals surface area contributed by atoms with Crippen molar-refractivity contribution in [3.8, 4) is 5.75 Å². The summed E-state index contributed by atoms with van der Waals surface area (Å²) in [6.07, 6.45) is 0. The minimum atomic E-state index is 0.426. The molecule has 3 heteroatoms. The van der Waals surface area contributed by atoms with Crippen molar-refractivity contribution in [3.63, 3.8) is 0 Å². The summed E-state index contributed by atoms with van der Waals surface area (Å²) < 4.78 is 6.91. The molecule has 0 spiro atoms. The van der Waals surface area contributed by atoms with Crippen molar-refractivity contribution in [1.82, 2.24) is 0 Å². The van der Waals surface area contributed by atoms with Crippen LogP contribution < -0.4 is 10.1 Å². The van der Waals surface area contributed by atoms with Crippen LogP contribution in [-0.4, -0.2) is 13.2 Å². The van der Waals surface area contributed by atoms with Gasteiger partial charge >= 0.3 is 0 Å². The third-order valence-electron chi connectivity index (χ3n) is 3.79. The Hall–Kier alpha value is -1.48. The Kier molecular flexibility index (Phi) is 3.70. The maximum Gasteiger partial charge on any atom is 0.122 e. The van der Waals surface area contributed by atoms with Crippen LogP contribution in [0.15, 0.2) is 40.9 Å². The van der Waals surface area contributed by atoms with E-state index in [9.17, 15) is 0 Å². The van der Waals surface area contributed by atoms with Crippen molar-refractivity contribution in [2.75, 3.05) is 18.5 Å². The van der Waals surface area contributed by atoms with E-state index < -0.39 is 0 Å². The minimum absolute atomic E-state index is 0.426. The summed E-state index contributed by atoms with van der Waals surface area (Å²) in [4.78, 5) is 0. The zero-order valence-corrected chi connectivity index (χ0v) is 13.3. The molecule has 2 nitrogen and oxygen atoms in total. The lowest BCUT2D eigenvalue weighted by molar-refractivity contribution is 0.334. The number of halogens is 1. The first kappa shape index (κ1) is 13.5. The first-order valence-electron chi connectivity index (χ1n) is 6.87. The molecular weight excluding hydrogens is 314 g/mol. The van der Waals surface area contributed by atoms with Crippen LogP contribution in [0.4, 0.5) is 5.69 Å². The molecule has 104 valence electrons. The average molecular weight is 332 g/mol. The fourth-order valence-electron chi connectivity index (χ4n) is 2.69. The van der Waals surface area contributed by atoms with E-state index in [1.807, 2.05) is 12.1 Å². The number of fused-ring (bicyclic) bond motifs is 1. The van der Waals surface area contributed by atoms with E-state index in [1.165, 1.54) is 26.9 Å². The van der Waals surface area contributed by atoms with Crippen LogP contribution in [0.5, 0.6) is 5.75 Å². The first-order valence-corrected chi connectivity index (χ1v) is 7.67. The lowest BCUT2D eigenvalue weighted by Gasteiger charge is -2.14. The zero-order valence-electron chi connectivity index (χ0n) is 11.7. The lowest BCUT2D eigenvalue weighted by atomic mass is 10.0. The molecule has 1 aliphatic heterocycles. The molecule has 1 aliphatic rings. The second-order valence-electron chi connectivity index (χ2n) is 5.35. The zero-order chi connectivity index (χ0) is 14.1. The monoisotopic (exact) mass is 331 g/mol. The summed E-state index contributed by atoms with van der Waals surface area (Å²) in [5.74, 6) is 1.46. The predicted molar refractivity (Wildman–Crippen MR) is 86.8 cm³/mol. The number of hydrogen-bond acceptors (Lipinski definition) is 2. The van der Waals surface area contributed by atoms with Crippen molar-refractivity contribution >= 4 is 21.6 Å². The molecule has 0 fully saturated rings. The number of nitrogens with one attached hydrogen (secondary N) is 1. The minimum Gasteiger partial charge on any atom is -0.493 e. The highest BCUT2D eigenvalue weighted by atomic mass is 79.9. The highest BCUT2D eigenvalue weighted by Crippen LogP contribution is 2.33. The number of aryl methyl sites for hydroxylation is 2. The molecule has 1 atom stereocenters. The van der Waals surface area contributed by atoms with Crippen LogP contribution in [-0.2, 0) is 0 Å². The SMILES string of the molecule is Cc1cc(NCC2COc3ccccc32)cc(C)c1Br. The summed E-state index contributed by atoms with van der Waals surface area (Å²) in [6, 6.07) is 12.7. The van der Waals surface area contributed by atoms with Gasteiger partial charge in [-0.25, -0.2) is 0 Å². The summed E-state index contributed by atoms with van der Waals surface area (Å²) in [6.45, 7) is 5.91. The molecule has 1 unspecified atom stereocenters. The van der Waals surface area contributed by atoms with Gasteiger partial charge in [-0.3, -0.25) is 0 Å². The molecule has 1 N–H and O–H groups in total. The van der Waals surface area contributed by atoms with Gasteiger partial charge in [0.15, 0.2) is 0 Å². The topological polar surface area (TPSA) is 21.3 Å². The number of ether oxygens (including phenoxy) is 1. The van der Waals surface area contributed by atoms with Crippen LogP contribution in [0.25, 0.3) is 0 Å². The van der Waals surface area contributed by atoms with Gasteiger partial charge in [0, 0.05) is 28.2 Å². The first-order chi connectivity index (χ1) is 9.65. The van der Waals surface area contributed by atoms with E-state index in [-0.39, 0.29) is 0 Å². The summed E-state index contributed by atoms with van der Waals surface area (Å²) >= 11 is 3.60. The predicted octanol–water partition coefficient (Wildman–Crippen LogP) is 4.65. The highest BCUT2D eigenvalue weighted by Gasteiger charge is 2.23. The Morgan fingerprint density at radius 3 is 2.65 bits per heavy atom. The molecule has 0 bridgehead atoms. The fraction of sp³-hybridized carbons (Fsp3) is 0.294. The summed E-state index contributed by atoms with van der Waals surface area (Å²) in [5.41, 5.74) is 5.00. The van der Waals surface area contributed by atoms with Crippen molar-refractivity contribution < 1.29 is 4.74 Å². The molecular formula is C17H18BrNO. The molecule has 0 aliphatic carbocycles. The normalized spacial score (nSPS) is 16.6. The number of benzene rings is 2. The van der Waals surface area contributed by atoms with Crippen molar-refractivity contribution in [1.29, 1.82) is 0 Å². The largest absolute Gasteiger partial charge is 0.493 e. The molecule has 0 saturated heterocycles. The molecule has 2 aromatic rings. The van der Waals surface area contributed by atoms with E-state index in [0.29, 0.717) is 5.92 Å². The van der Waals surface area contributed by atoms with Gasteiger partial charge in [-0.15, -0.1) is 0 Å². The van der Waals surface area contributed by atoms with Crippen molar-refractivity contribution in [2.45, 2.75) is 19.8 Å². The van der Waals surface area contributed by atoms with E-state index >= 15 is 0 Å². The Balaban J connectivity index is 1.72. The Morgan fingerprint density at radius 2 is 1.90 bits per heavy atom. The standard InChI is InChI=1S/C17H18BrNO/c1-11-7-14(8-12(2)17(11)18)19-9-13-10-20-16-6-4-3-5-15(13)16/h3-8,13,19H,9-10H2,1-2H3. The summed E-state index contributed by atoms with van der Waals surface area (Å²) in [7, 11) is 0. The van der Waals surface area contributed by atoms with E-state index in [0.717, 1.165) is 18.9 Å². The molecule has 0 aromatic heterocycles. The number of anilines is 1. The Morgan fingerprint density at radius 1 is 1.20 bits per heavy atom. The van der Waals surface area contributed by atoms with Crippen LogP contribution in [0.1, 0.15) is 22.6 Å². The maximum atomic E-state index is 5.72. The smallest absolute Gasteiger partial charge is 0.122 e. The van der Waals surface area contributed by atoms with Gasteiger partial charge in [0.05, 0.1) is 6.61 Å². The number of hydrogen-bond donors (Lipinski definition) is 1. The van der Waals surface area contributed by atoms with Gasteiger partial charge < -0.3 is 10.1 Å². The van der Waals surface area contributed by atoms with Gasteiger partial charge in [0.2, 0.25) is 0 Å². The van der Waals surface area contributed by atoms with Gasteiger partial charge in [-0.1, -0.05) is 34.1 Å². The molecule has 1 heterocycles. The molecule has 20 heavy (non-hydrogen) atoms. The van der Waals surface area contributed by atoms with E-state index in [4.69, 9.17) is 4.74 Å². The van der Waals surface area contributed by atoms with Gasteiger partial charge in [-0.2, -0.15) is 0 Å². The van der Waals surface area contributed by atoms with Crippen molar-refractivity contribution in [3.05, 3.63) is 57.6 Å². The van der Waals surface area contributed by atoms with Crippen molar-refractivity contribution in [2.24, 2.45) is 0 Å². The fourth-order valence-corrected chi connectivity index (χ4v) is 2.92. The quantitative estimate of drug-likeness (QED) is 0.883. The third-order valence-corrected chi connectivity index (χ3v) is 5.04. The van der Waals surface area contributed by atoms with Gasteiger partial charge in [-0.05, 0) is 43.2 Å². The van der Waals surface area contributed by atoms with Crippen LogP contribution in [0.2, 0.25) is 0 Å². The Labute approximate surface area is 128 Å². The molecule has 0 amide bonds. The Bertz CT molecular complexity index is 616. The molecule has 2 aromatic carbocycles. The highest BCUT2D eigenvalue weighted by molar-refractivity contribution is 9.10. The van der Waals surface area contributed by atoms with Crippen LogP contribution in [0, 0.1) is 13.8 Å². The molecule has 0 saturated carbocycles. The molecule has 0 radical (unpaired) electrons. The summed E-state index contributed by atoms with van der Waals surface area (Å²) in [5, 5.41) is 3.54. The van der Waals surface area contributed by atoms with Crippen LogP contribution in [0.3, 0.4) is 0 Å². The van der Waals surface area contributed by atoms with Crippen LogP contribution >= 0.6 is 15.9 Å². The van der Waals surface area contributed by atoms with E-state index in [1.54, 1.807) is 0 Å². The van der Waals surface area contributed by atoms with Gasteiger partial charge in [0.1, 0.15) is 5.75 Å². The second-order valence-corrected chi connectivity index (χ2v) is 6.14. The lowest BCUT2D eigenvalue weighted by Crippen LogP contribution is -2.14. The third kappa shape index (κ3) is 2.55. The average Bonchev–Trinajstić information content (AvgIpc) is 2.85. The maximum absolute atomic E-state index is 5.72. The number of rotatable bonds is 3.